The fourth-order valence-corrected chi connectivity index (χ4v) is 4.42. The SMILES string of the molecule is COc1ccc2c(c1)C(C1=CCC(Cl)C=C1)=N[C@@H](CC(=O)NCCCCCN)c1nnc(C)n1-2. The number of fused-ring (bicyclic) bond motifs is 3. The van der Waals surface area contributed by atoms with Crippen molar-refractivity contribution >= 4 is 23.2 Å². The highest BCUT2D eigenvalue weighted by Gasteiger charge is 2.30. The molecule has 2 aliphatic rings. The fourth-order valence-electron chi connectivity index (χ4n) is 4.26. The number of nitrogens with zero attached hydrogens (tertiary/aromatic N) is 4. The molecule has 1 aliphatic carbocycles. The van der Waals surface area contributed by atoms with Gasteiger partial charge < -0.3 is 15.8 Å². The molecule has 2 atom stereocenters. The van der Waals surface area contributed by atoms with Crippen molar-refractivity contribution in [3.8, 4) is 11.4 Å². The van der Waals surface area contributed by atoms with Crippen LogP contribution >= 0.6 is 11.6 Å². The predicted molar refractivity (Wildman–Crippen MR) is 134 cm³/mol. The summed E-state index contributed by atoms with van der Waals surface area (Å²) in [5, 5.41) is 11.7. The molecule has 0 bridgehead atoms. The van der Waals surface area contributed by atoms with Crippen molar-refractivity contribution in [3.63, 3.8) is 0 Å². The van der Waals surface area contributed by atoms with Crippen LogP contribution in [0.25, 0.3) is 5.69 Å². The Morgan fingerprint density at radius 2 is 2.15 bits per heavy atom. The molecule has 2 heterocycles. The minimum absolute atomic E-state index is 0.0392. The van der Waals surface area contributed by atoms with E-state index in [1.54, 1.807) is 7.11 Å². The van der Waals surface area contributed by atoms with E-state index >= 15 is 0 Å². The molecule has 0 fully saturated rings. The molecule has 1 aromatic carbocycles. The number of allylic oxidation sites excluding steroid dienone is 4. The average molecular weight is 483 g/mol. The molecule has 1 aliphatic heterocycles. The number of nitrogens with one attached hydrogen (secondary N) is 1. The summed E-state index contributed by atoms with van der Waals surface area (Å²) in [6, 6.07) is 5.38. The van der Waals surface area contributed by atoms with Gasteiger partial charge in [0.1, 0.15) is 17.6 Å². The summed E-state index contributed by atoms with van der Waals surface area (Å²) in [6.45, 7) is 3.20. The number of hydrogen-bond acceptors (Lipinski definition) is 6. The molecule has 1 amide bonds. The number of rotatable bonds is 9. The van der Waals surface area contributed by atoms with Gasteiger partial charge in [0.2, 0.25) is 5.91 Å². The third-order valence-corrected chi connectivity index (χ3v) is 6.36. The Balaban J connectivity index is 1.72. The minimum Gasteiger partial charge on any atom is -0.497 e. The molecule has 0 spiro atoms. The monoisotopic (exact) mass is 482 g/mol. The quantitative estimate of drug-likeness (QED) is 0.419. The second-order valence-corrected chi connectivity index (χ2v) is 9.05. The van der Waals surface area contributed by atoms with Gasteiger partial charge in [-0.1, -0.05) is 24.6 Å². The number of halogens is 1. The maximum Gasteiger partial charge on any atom is 0.222 e. The summed E-state index contributed by atoms with van der Waals surface area (Å²) in [7, 11) is 1.64. The molecule has 1 aromatic heterocycles. The maximum atomic E-state index is 12.8. The first-order valence-corrected chi connectivity index (χ1v) is 12.1. The Bertz CT molecular complexity index is 1140. The summed E-state index contributed by atoms with van der Waals surface area (Å²) in [5.74, 6) is 2.04. The van der Waals surface area contributed by atoms with Crippen LogP contribution in [0.2, 0.25) is 0 Å². The lowest BCUT2D eigenvalue weighted by molar-refractivity contribution is -0.121. The third kappa shape index (κ3) is 5.23. The highest BCUT2D eigenvalue weighted by Crippen LogP contribution is 2.35. The summed E-state index contributed by atoms with van der Waals surface area (Å²) < 4.78 is 7.50. The zero-order valence-corrected chi connectivity index (χ0v) is 20.4. The van der Waals surface area contributed by atoms with Gasteiger partial charge in [-0.15, -0.1) is 21.8 Å². The van der Waals surface area contributed by atoms with Crippen molar-refractivity contribution in [1.82, 2.24) is 20.1 Å². The van der Waals surface area contributed by atoms with Crippen molar-refractivity contribution in [3.05, 3.63) is 59.2 Å². The summed E-state index contributed by atoms with van der Waals surface area (Å²) >= 11 is 6.28. The standard InChI is InChI=1S/C25H31ClN6O2/c1-16-30-31-25-21(15-23(33)28-13-5-3-4-12-27)29-24(17-6-8-18(26)9-7-17)20-14-19(34-2)10-11-22(20)32(16)25/h6-8,10-11,14,18,21H,3-5,9,12-13,15,27H2,1-2H3,(H,28,33)/t18?,21-/m0/s1. The maximum absolute atomic E-state index is 12.8. The Labute approximate surface area is 204 Å². The van der Waals surface area contributed by atoms with Crippen molar-refractivity contribution in [2.24, 2.45) is 10.7 Å². The topological polar surface area (TPSA) is 107 Å². The number of carbonyl (C=O) groups is 1. The Morgan fingerprint density at radius 3 is 2.88 bits per heavy atom. The van der Waals surface area contributed by atoms with Crippen molar-refractivity contribution in [1.29, 1.82) is 0 Å². The smallest absolute Gasteiger partial charge is 0.222 e. The third-order valence-electron chi connectivity index (χ3n) is 6.04. The van der Waals surface area contributed by atoms with E-state index in [9.17, 15) is 4.79 Å². The lowest BCUT2D eigenvalue weighted by atomic mass is 9.95. The van der Waals surface area contributed by atoms with E-state index < -0.39 is 6.04 Å². The van der Waals surface area contributed by atoms with Gasteiger partial charge in [0.05, 0.1) is 30.3 Å². The fraction of sp³-hybridized carbons (Fsp3) is 0.440. The van der Waals surface area contributed by atoms with Crippen molar-refractivity contribution < 1.29 is 9.53 Å². The molecule has 34 heavy (non-hydrogen) atoms. The van der Waals surface area contributed by atoms with Gasteiger partial charge in [-0.25, -0.2) is 0 Å². The number of benzene rings is 1. The van der Waals surface area contributed by atoms with Gasteiger partial charge in [0, 0.05) is 12.1 Å². The predicted octanol–water partition coefficient (Wildman–Crippen LogP) is 3.56. The van der Waals surface area contributed by atoms with E-state index in [1.165, 1.54) is 0 Å². The van der Waals surface area contributed by atoms with Crippen molar-refractivity contribution in [2.75, 3.05) is 20.2 Å². The van der Waals surface area contributed by atoms with Crippen LogP contribution in [0.5, 0.6) is 5.75 Å². The minimum atomic E-state index is -0.485. The summed E-state index contributed by atoms with van der Waals surface area (Å²) in [4.78, 5) is 17.9. The average Bonchev–Trinajstić information content (AvgIpc) is 3.16. The lowest BCUT2D eigenvalue weighted by Gasteiger charge is -2.16. The molecule has 1 unspecified atom stereocenters. The van der Waals surface area contributed by atoms with Crippen LogP contribution in [-0.2, 0) is 4.79 Å². The zero-order valence-electron chi connectivity index (χ0n) is 19.6. The first-order chi connectivity index (χ1) is 16.5. The number of hydrogen-bond donors (Lipinski definition) is 2. The van der Waals surface area contributed by atoms with Gasteiger partial charge >= 0.3 is 0 Å². The number of aromatic nitrogens is 3. The van der Waals surface area contributed by atoms with Gasteiger partial charge in [-0.2, -0.15) is 0 Å². The Kier molecular flexibility index (Phi) is 7.80. The van der Waals surface area contributed by atoms with E-state index in [4.69, 9.17) is 27.1 Å². The van der Waals surface area contributed by atoms with Crippen molar-refractivity contribution in [2.45, 2.75) is 50.4 Å². The first kappa shape index (κ1) is 24.2. The van der Waals surface area contributed by atoms with E-state index in [0.717, 1.165) is 53.4 Å². The molecule has 8 nitrogen and oxygen atoms in total. The number of carbonyl (C=O) groups excluding carboxylic acids is 1. The van der Waals surface area contributed by atoms with Crippen LogP contribution in [0.4, 0.5) is 0 Å². The second kappa shape index (κ2) is 11.0. The number of aliphatic imine (C=N–C) groups is 1. The van der Waals surface area contributed by atoms with E-state index in [0.29, 0.717) is 25.3 Å². The van der Waals surface area contributed by atoms with Crippen LogP contribution in [0.3, 0.4) is 0 Å². The summed E-state index contributed by atoms with van der Waals surface area (Å²) in [5.41, 5.74) is 9.12. The van der Waals surface area contributed by atoms with Gasteiger partial charge in [-0.05, 0) is 56.5 Å². The Morgan fingerprint density at radius 1 is 1.29 bits per heavy atom. The second-order valence-electron chi connectivity index (χ2n) is 8.49. The number of alkyl halides is 1. The highest BCUT2D eigenvalue weighted by atomic mass is 35.5. The molecule has 3 N–H and O–H groups in total. The normalized spacial score (nSPS) is 18.9. The van der Waals surface area contributed by atoms with Crippen LogP contribution in [0.1, 0.15) is 55.4 Å². The molecule has 2 aromatic rings. The molecule has 180 valence electrons. The molecular weight excluding hydrogens is 452 g/mol. The van der Waals surface area contributed by atoms with E-state index in [-0.39, 0.29) is 17.7 Å². The molecule has 0 saturated carbocycles. The number of aryl methyl sites for hydroxylation is 1. The molecule has 9 heteroatoms. The summed E-state index contributed by atoms with van der Waals surface area (Å²) in [6.07, 6.45) is 9.81. The van der Waals surface area contributed by atoms with Crippen LogP contribution in [-0.4, -0.2) is 52.0 Å². The van der Waals surface area contributed by atoms with Gasteiger partial charge in [0.15, 0.2) is 5.82 Å². The lowest BCUT2D eigenvalue weighted by Crippen LogP contribution is -2.26. The number of amides is 1. The molecule has 0 saturated heterocycles. The Hall–Kier alpha value is -2.97. The number of unbranched alkanes of at least 4 members (excludes halogenated alkanes) is 2. The van der Waals surface area contributed by atoms with E-state index in [1.807, 2.05) is 41.8 Å². The number of nitrogens with two attached hydrogens (primary N) is 1. The van der Waals surface area contributed by atoms with Gasteiger partial charge in [-0.3, -0.25) is 14.4 Å². The van der Waals surface area contributed by atoms with Crippen LogP contribution in [0, 0.1) is 6.92 Å². The zero-order chi connectivity index (χ0) is 24.1. The first-order valence-electron chi connectivity index (χ1n) is 11.7. The van der Waals surface area contributed by atoms with Gasteiger partial charge in [0.25, 0.3) is 0 Å². The van der Waals surface area contributed by atoms with Crippen LogP contribution in [0.15, 0.2) is 47.0 Å². The van der Waals surface area contributed by atoms with Crippen LogP contribution < -0.4 is 15.8 Å². The largest absolute Gasteiger partial charge is 0.497 e. The van der Waals surface area contributed by atoms with E-state index in [2.05, 4.69) is 21.6 Å². The highest BCUT2D eigenvalue weighted by molar-refractivity contribution is 6.23. The number of methoxy groups -OCH3 is 1. The molecule has 4 rings (SSSR count). The molecule has 0 radical (unpaired) electrons. The molecular formula is C25H31ClN6O2. The number of ether oxygens (including phenoxy) is 1.